The lowest BCUT2D eigenvalue weighted by Gasteiger charge is -2.16. The van der Waals surface area contributed by atoms with Gasteiger partial charge in [-0.15, -0.1) is 0 Å². The summed E-state index contributed by atoms with van der Waals surface area (Å²) in [6.45, 7) is 0.346. The van der Waals surface area contributed by atoms with Crippen LogP contribution in [0.4, 0.5) is 4.39 Å². The van der Waals surface area contributed by atoms with Gasteiger partial charge < -0.3 is 14.6 Å². The molecule has 6 heteroatoms. The number of aromatic nitrogens is 1. The van der Waals surface area contributed by atoms with Gasteiger partial charge in [0.1, 0.15) is 6.17 Å². The average Bonchev–Trinajstić information content (AvgIpc) is 2.74. The molecule has 3 atom stereocenters. The summed E-state index contributed by atoms with van der Waals surface area (Å²) < 4.78 is 25.3. The number of alkyl halides is 1. The number of hydrogen-bond donors (Lipinski definition) is 1. The minimum Gasteiger partial charge on any atom is -0.400 e. The molecule has 102 valence electrons. The van der Waals surface area contributed by atoms with E-state index in [0.29, 0.717) is 6.61 Å². The van der Waals surface area contributed by atoms with Gasteiger partial charge >= 0.3 is 0 Å². The first kappa shape index (κ1) is 14.8. The first-order valence-electron chi connectivity index (χ1n) is 5.62. The van der Waals surface area contributed by atoms with Crippen molar-refractivity contribution < 1.29 is 19.0 Å². The lowest BCUT2D eigenvalue weighted by molar-refractivity contribution is -0.0456. The predicted molar refractivity (Wildman–Crippen MR) is 64.1 cm³/mol. The summed E-state index contributed by atoms with van der Waals surface area (Å²) in [6, 6.07) is 4.69. The Morgan fingerprint density at radius 2 is 2.28 bits per heavy atom. The van der Waals surface area contributed by atoms with Crippen molar-refractivity contribution in [2.75, 3.05) is 20.8 Å². The van der Waals surface area contributed by atoms with Crippen LogP contribution in [0, 0.1) is 0 Å². The summed E-state index contributed by atoms with van der Waals surface area (Å²) in [4.78, 5) is 11.5. The van der Waals surface area contributed by atoms with E-state index >= 15 is 0 Å². The van der Waals surface area contributed by atoms with Crippen LogP contribution in [-0.2, 0) is 9.47 Å². The molecular weight excluding hydrogens is 241 g/mol. The zero-order chi connectivity index (χ0) is 13.5. The van der Waals surface area contributed by atoms with Crippen molar-refractivity contribution >= 4 is 0 Å². The molecule has 1 saturated heterocycles. The lowest BCUT2D eigenvalue weighted by atomic mass is 10.2. The molecule has 0 bridgehead atoms. The van der Waals surface area contributed by atoms with Crippen LogP contribution in [0.15, 0.2) is 29.2 Å². The number of hydrogen-bond acceptors (Lipinski definition) is 4. The van der Waals surface area contributed by atoms with Gasteiger partial charge in [0.2, 0.25) is 0 Å². The number of ether oxygens (including phenoxy) is 2. The minimum absolute atomic E-state index is 0.256. The van der Waals surface area contributed by atoms with Crippen LogP contribution in [0.3, 0.4) is 0 Å². The smallest absolute Gasteiger partial charge is 0.252 e. The molecule has 1 unspecified atom stereocenters. The number of aliphatic hydroxyl groups is 1. The van der Waals surface area contributed by atoms with Gasteiger partial charge in [-0.3, -0.25) is 9.36 Å². The summed E-state index contributed by atoms with van der Waals surface area (Å²) in [7, 11) is 2.54. The number of nitrogens with zero attached hydrogens (tertiary/aromatic N) is 1. The fourth-order valence-corrected chi connectivity index (χ4v) is 1.89. The van der Waals surface area contributed by atoms with Gasteiger partial charge in [0, 0.05) is 32.9 Å². The van der Waals surface area contributed by atoms with Crippen LogP contribution < -0.4 is 5.56 Å². The largest absolute Gasteiger partial charge is 0.400 e. The molecule has 1 aromatic heterocycles. The molecule has 1 aliphatic rings. The highest BCUT2D eigenvalue weighted by Crippen LogP contribution is 2.30. The Morgan fingerprint density at radius 1 is 1.56 bits per heavy atom. The van der Waals surface area contributed by atoms with Gasteiger partial charge in [-0.1, -0.05) is 6.07 Å². The molecule has 1 fully saturated rings. The Kier molecular flexibility index (Phi) is 5.97. The summed E-state index contributed by atoms with van der Waals surface area (Å²) in [5, 5.41) is 7.00. The second-order valence-corrected chi connectivity index (χ2v) is 3.80. The zero-order valence-corrected chi connectivity index (χ0v) is 10.5. The third-order valence-electron chi connectivity index (χ3n) is 2.61. The standard InChI is InChI=1S/C11H14FNO3.CH4O/c1-15-7-8-6-9(12)11(16-8)13-5-3-2-4-10(13)14;1-2/h2-5,8-9,11H,6-7H2,1H3;2H,1H3/t8?,9-,11-;/m1./s1. The predicted octanol–water partition coefficient (Wildman–Crippen LogP) is 0.729. The van der Waals surface area contributed by atoms with Crippen molar-refractivity contribution in [1.82, 2.24) is 4.57 Å². The van der Waals surface area contributed by atoms with Gasteiger partial charge in [0.15, 0.2) is 6.23 Å². The van der Waals surface area contributed by atoms with E-state index < -0.39 is 12.4 Å². The van der Waals surface area contributed by atoms with Crippen molar-refractivity contribution in [1.29, 1.82) is 0 Å². The second kappa shape index (κ2) is 7.25. The fourth-order valence-electron chi connectivity index (χ4n) is 1.89. The fraction of sp³-hybridized carbons (Fsp3) is 0.583. The summed E-state index contributed by atoms with van der Waals surface area (Å²) in [5.41, 5.74) is -0.256. The van der Waals surface area contributed by atoms with E-state index in [1.54, 1.807) is 19.2 Å². The normalized spacial score (nSPS) is 26.6. The molecular formula is C12H18FNO4. The number of rotatable bonds is 3. The molecule has 5 nitrogen and oxygen atoms in total. The molecule has 0 radical (unpaired) electrons. The van der Waals surface area contributed by atoms with Gasteiger partial charge in [-0.25, -0.2) is 4.39 Å². The van der Waals surface area contributed by atoms with Crippen LogP contribution in [0.25, 0.3) is 0 Å². The highest BCUT2D eigenvalue weighted by atomic mass is 19.1. The van der Waals surface area contributed by atoms with Gasteiger partial charge in [-0.05, 0) is 6.07 Å². The van der Waals surface area contributed by atoms with Crippen LogP contribution in [0.2, 0.25) is 0 Å². The molecule has 0 aromatic carbocycles. The minimum atomic E-state index is -1.17. The third kappa shape index (κ3) is 3.38. The molecule has 2 rings (SSSR count). The molecule has 0 aliphatic carbocycles. The summed E-state index contributed by atoms with van der Waals surface area (Å²) in [5.74, 6) is 0. The van der Waals surface area contributed by atoms with Gasteiger partial charge in [0.05, 0.1) is 12.7 Å². The Hall–Kier alpha value is -1.24. The molecule has 18 heavy (non-hydrogen) atoms. The Balaban J connectivity index is 0.000000771. The SMILES string of the molecule is CO.COCC1C[C@@H](F)[C@H](n2ccccc2=O)O1. The summed E-state index contributed by atoms with van der Waals surface area (Å²) >= 11 is 0. The molecule has 0 saturated carbocycles. The first-order chi connectivity index (χ1) is 8.72. The van der Waals surface area contributed by atoms with Crippen LogP contribution >= 0.6 is 0 Å². The van der Waals surface area contributed by atoms with E-state index in [0.717, 1.165) is 7.11 Å². The van der Waals surface area contributed by atoms with E-state index in [1.165, 1.54) is 16.8 Å². The number of aliphatic hydroxyl groups excluding tert-OH is 1. The van der Waals surface area contributed by atoms with Crippen molar-refractivity contribution in [3.05, 3.63) is 34.7 Å². The third-order valence-corrected chi connectivity index (χ3v) is 2.61. The maximum atomic E-state index is 13.7. The molecule has 1 aliphatic heterocycles. The number of halogens is 1. The summed E-state index contributed by atoms with van der Waals surface area (Å²) in [6.07, 6.45) is -0.472. The van der Waals surface area contributed by atoms with Crippen molar-refractivity contribution in [3.8, 4) is 0 Å². The van der Waals surface area contributed by atoms with E-state index in [4.69, 9.17) is 14.6 Å². The topological polar surface area (TPSA) is 60.7 Å². The second-order valence-electron chi connectivity index (χ2n) is 3.80. The highest BCUT2D eigenvalue weighted by Gasteiger charge is 2.36. The number of methoxy groups -OCH3 is 1. The molecule has 2 heterocycles. The van der Waals surface area contributed by atoms with Crippen LogP contribution in [-0.4, -0.2) is 42.8 Å². The molecule has 1 aromatic rings. The van der Waals surface area contributed by atoms with Crippen LogP contribution in [0.1, 0.15) is 12.6 Å². The van der Waals surface area contributed by atoms with Crippen molar-refractivity contribution in [2.24, 2.45) is 0 Å². The van der Waals surface area contributed by atoms with E-state index in [2.05, 4.69) is 0 Å². The first-order valence-corrected chi connectivity index (χ1v) is 5.62. The maximum absolute atomic E-state index is 13.7. The number of pyridine rings is 1. The van der Waals surface area contributed by atoms with Crippen molar-refractivity contribution in [2.45, 2.75) is 24.9 Å². The zero-order valence-electron chi connectivity index (χ0n) is 10.5. The molecule has 0 spiro atoms. The lowest BCUT2D eigenvalue weighted by Crippen LogP contribution is -2.27. The Bertz CT molecular complexity index is 409. The van der Waals surface area contributed by atoms with E-state index in [9.17, 15) is 9.18 Å². The van der Waals surface area contributed by atoms with Gasteiger partial charge in [0.25, 0.3) is 5.56 Å². The Morgan fingerprint density at radius 3 is 2.89 bits per heavy atom. The highest BCUT2D eigenvalue weighted by molar-refractivity contribution is 4.96. The van der Waals surface area contributed by atoms with E-state index in [-0.39, 0.29) is 18.1 Å². The Labute approximate surface area is 105 Å². The monoisotopic (exact) mass is 259 g/mol. The van der Waals surface area contributed by atoms with Crippen LogP contribution in [0.5, 0.6) is 0 Å². The quantitative estimate of drug-likeness (QED) is 0.869. The van der Waals surface area contributed by atoms with Gasteiger partial charge in [-0.2, -0.15) is 0 Å². The maximum Gasteiger partial charge on any atom is 0.252 e. The average molecular weight is 259 g/mol. The molecule has 0 amide bonds. The molecule has 1 N–H and O–H groups in total. The van der Waals surface area contributed by atoms with Crippen molar-refractivity contribution in [3.63, 3.8) is 0 Å². The van der Waals surface area contributed by atoms with E-state index in [1.807, 2.05) is 0 Å².